The van der Waals surface area contributed by atoms with Gasteiger partial charge in [-0.15, -0.1) is 0 Å². The van der Waals surface area contributed by atoms with Gasteiger partial charge in [-0.2, -0.15) is 0 Å². The molecule has 1 heterocycles. The quantitative estimate of drug-likeness (QED) is 0.461. The largest absolute Gasteiger partial charge is 0.497 e. The van der Waals surface area contributed by atoms with Crippen LogP contribution < -0.4 is 20.7 Å². The maximum absolute atomic E-state index is 13.7. The van der Waals surface area contributed by atoms with Crippen molar-refractivity contribution in [3.8, 4) is 5.75 Å². The summed E-state index contributed by atoms with van der Waals surface area (Å²) in [5.74, 6) is 0.404. The van der Waals surface area contributed by atoms with Crippen LogP contribution in [0.5, 0.6) is 5.75 Å². The van der Waals surface area contributed by atoms with Crippen LogP contribution in [-0.4, -0.2) is 91.9 Å². The van der Waals surface area contributed by atoms with Gasteiger partial charge in [0.15, 0.2) is 0 Å². The third-order valence-electron chi connectivity index (χ3n) is 7.92. The first-order chi connectivity index (χ1) is 19.6. The number of nitrogens with one attached hydrogen (secondary N) is 3. The molecular weight excluding hydrogens is 522 g/mol. The van der Waals surface area contributed by atoms with Crippen molar-refractivity contribution >= 4 is 23.6 Å². The Morgan fingerprint density at radius 3 is 2.27 bits per heavy atom. The number of rotatable bonds is 7. The zero-order valence-electron chi connectivity index (χ0n) is 25.4. The van der Waals surface area contributed by atoms with Crippen LogP contribution in [0.1, 0.15) is 64.9 Å². The minimum Gasteiger partial charge on any atom is -0.497 e. The molecule has 4 amide bonds. The molecule has 1 aromatic carbocycles. The van der Waals surface area contributed by atoms with Gasteiger partial charge in [0.2, 0.25) is 23.6 Å². The Balaban J connectivity index is 1.82. The topological polar surface area (TPSA) is 120 Å². The summed E-state index contributed by atoms with van der Waals surface area (Å²) in [4.78, 5) is 57.0. The van der Waals surface area contributed by atoms with E-state index in [1.165, 1.54) is 17.7 Å². The van der Waals surface area contributed by atoms with Gasteiger partial charge in [-0.25, -0.2) is 0 Å². The summed E-state index contributed by atoms with van der Waals surface area (Å²) >= 11 is 0. The van der Waals surface area contributed by atoms with E-state index in [9.17, 15) is 19.2 Å². The molecule has 0 radical (unpaired) electrons. The van der Waals surface area contributed by atoms with Gasteiger partial charge in [0, 0.05) is 33.0 Å². The van der Waals surface area contributed by atoms with E-state index in [0.717, 1.165) is 37.5 Å². The van der Waals surface area contributed by atoms with E-state index in [1.807, 2.05) is 26.0 Å². The normalized spacial score (nSPS) is 24.7. The summed E-state index contributed by atoms with van der Waals surface area (Å²) in [6.45, 7) is 8.84. The molecule has 0 aromatic heterocycles. The summed E-state index contributed by atoms with van der Waals surface area (Å²) in [5.41, 5.74) is 0.831. The van der Waals surface area contributed by atoms with Crippen LogP contribution in [-0.2, 0) is 25.6 Å². The van der Waals surface area contributed by atoms with Crippen LogP contribution in [0.25, 0.3) is 0 Å². The first kappa shape index (κ1) is 32.4. The molecule has 3 atom stereocenters. The van der Waals surface area contributed by atoms with Gasteiger partial charge in [0.1, 0.15) is 23.9 Å². The van der Waals surface area contributed by atoms with Gasteiger partial charge in [-0.1, -0.05) is 26.0 Å². The molecule has 41 heavy (non-hydrogen) atoms. The highest BCUT2D eigenvalue weighted by atomic mass is 16.5. The molecule has 0 spiro atoms. The molecule has 2 aliphatic rings. The highest BCUT2D eigenvalue weighted by molar-refractivity contribution is 5.94. The molecule has 1 aliphatic carbocycles. The number of carbonyl (C=O) groups is 4. The number of likely N-dealkylation sites (N-methyl/N-ethyl adjacent to an activating group) is 1. The molecular formula is C31H49N5O5. The molecule has 10 heteroatoms. The summed E-state index contributed by atoms with van der Waals surface area (Å²) in [5, 5.41) is 8.82. The first-order valence-electron chi connectivity index (χ1n) is 15.1. The van der Waals surface area contributed by atoms with Gasteiger partial charge in [0.25, 0.3) is 0 Å². The predicted octanol–water partition coefficient (Wildman–Crippen LogP) is 2.11. The second kappa shape index (κ2) is 15.7. The molecule has 3 rings (SSSR count). The van der Waals surface area contributed by atoms with Crippen LogP contribution in [0.3, 0.4) is 0 Å². The maximum Gasteiger partial charge on any atom is 0.245 e. The van der Waals surface area contributed by atoms with Crippen molar-refractivity contribution in [3.05, 3.63) is 29.8 Å². The van der Waals surface area contributed by atoms with Crippen LogP contribution in [0.2, 0.25) is 0 Å². The smallest absolute Gasteiger partial charge is 0.245 e. The molecule has 3 N–H and O–H groups in total. The third-order valence-corrected chi connectivity index (χ3v) is 7.92. The van der Waals surface area contributed by atoms with E-state index < -0.39 is 24.0 Å². The van der Waals surface area contributed by atoms with Gasteiger partial charge >= 0.3 is 0 Å². The molecule has 228 valence electrons. The SMILES string of the molecule is COc1ccc(C[C@@H]2NC(=O)[C@@H](CC(C)C)NC(=O)CCCN(CC3CC3)CCCNC(=O)[C@H](C)N(C)C2=O)cc1. The molecule has 1 saturated heterocycles. The molecule has 1 saturated carbocycles. The maximum atomic E-state index is 13.7. The Bertz CT molecular complexity index is 1030. The molecule has 0 unspecified atom stereocenters. The van der Waals surface area contributed by atoms with Gasteiger partial charge < -0.3 is 30.5 Å². The average molecular weight is 572 g/mol. The Morgan fingerprint density at radius 1 is 0.951 bits per heavy atom. The van der Waals surface area contributed by atoms with Crippen molar-refractivity contribution in [2.45, 2.75) is 83.8 Å². The second-order valence-corrected chi connectivity index (χ2v) is 12.0. The lowest BCUT2D eigenvalue weighted by atomic mass is 10.00. The first-order valence-corrected chi connectivity index (χ1v) is 15.1. The number of nitrogens with zero attached hydrogens (tertiary/aromatic N) is 2. The van der Waals surface area contributed by atoms with E-state index in [1.54, 1.807) is 33.2 Å². The Kier molecular flexibility index (Phi) is 12.4. The van der Waals surface area contributed by atoms with Crippen molar-refractivity contribution in [2.75, 3.05) is 40.3 Å². The van der Waals surface area contributed by atoms with Crippen LogP contribution in [0.4, 0.5) is 0 Å². The van der Waals surface area contributed by atoms with Gasteiger partial charge in [0.05, 0.1) is 7.11 Å². The monoisotopic (exact) mass is 571 g/mol. The number of hydrogen-bond acceptors (Lipinski definition) is 6. The molecule has 10 nitrogen and oxygen atoms in total. The number of methoxy groups -OCH3 is 1. The number of hydrogen-bond donors (Lipinski definition) is 3. The number of benzene rings is 1. The lowest BCUT2D eigenvalue weighted by molar-refractivity contribution is -0.141. The Hall–Kier alpha value is -3.14. The highest BCUT2D eigenvalue weighted by Crippen LogP contribution is 2.29. The number of carbonyl (C=O) groups excluding carboxylic acids is 4. The molecule has 2 fully saturated rings. The van der Waals surface area contributed by atoms with E-state index in [0.29, 0.717) is 31.6 Å². The van der Waals surface area contributed by atoms with Gasteiger partial charge in [-0.3, -0.25) is 19.2 Å². The van der Waals surface area contributed by atoms with Crippen molar-refractivity contribution < 1.29 is 23.9 Å². The Morgan fingerprint density at radius 2 is 1.63 bits per heavy atom. The van der Waals surface area contributed by atoms with E-state index in [2.05, 4.69) is 20.9 Å². The second-order valence-electron chi connectivity index (χ2n) is 12.0. The molecule has 0 bridgehead atoms. The van der Waals surface area contributed by atoms with Crippen molar-refractivity contribution in [1.82, 2.24) is 25.8 Å². The van der Waals surface area contributed by atoms with Crippen LogP contribution >= 0.6 is 0 Å². The predicted molar refractivity (Wildman–Crippen MR) is 158 cm³/mol. The van der Waals surface area contributed by atoms with E-state index >= 15 is 0 Å². The standard InChI is InChI=1S/C31H49N5O5/c1-21(2)18-26-30(39)34-27(19-23-11-13-25(41-5)14-12-23)31(40)35(4)22(3)29(38)32-15-7-17-36(20-24-9-10-24)16-6-8-28(37)33-26/h11-14,21-22,24,26-27H,6-10,15-20H2,1-5H3,(H,32,38)(H,33,37)(H,34,39)/t22-,26+,27-/m0/s1. The van der Waals surface area contributed by atoms with E-state index in [4.69, 9.17) is 4.74 Å². The minimum absolute atomic E-state index is 0.153. The minimum atomic E-state index is -0.919. The fraction of sp³-hybridized carbons (Fsp3) is 0.677. The van der Waals surface area contributed by atoms with Crippen LogP contribution in [0.15, 0.2) is 24.3 Å². The lowest BCUT2D eigenvalue weighted by Gasteiger charge is -2.30. The lowest BCUT2D eigenvalue weighted by Crippen LogP contribution is -2.57. The zero-order chi connectivity index (χ0) is 29.9. The highest BCUT2D eigenvalue weighted by Gasteiger charge is 2.32. The molecule has 1 aromatic rings. The zero-order valence-corrected chi connectivity index (χ0v) is 25.4. The van der Waals surface area contributed by atoms with Crippen molar-refractivity contribution in [1.29, 1.82) is 0 Å². The Labute approximate surface area is 244 Å². The van der Waals surface area contributed by atoms with Crippen molar-refractivity contribution in [3.63, 3.8) is 0 Å². The molecule has 1 aliphatic heterocycles. The van der Waals surface area contributed by atoms with Gasteiger partial charge in [-0.05, 0) is 81.6 Å². The summed E-state index contributed by atoms with van der Waals surface area (Å²) < 4.78 is 5.25. The number of amides is 4. The summed E-state index contributed by atoms with van der Waals surface area (Å²) in [7, 11) is 3.17. The fourth-order valence-corrected chi connectivity index (χ4v) is 5.14. The van der Waals surface area contributed by atoms with Crippen molar-refractivity contribution in [2.24, 2.45) is 11.8 Å². The third kappa shape index (κ3) is 10.6. The summed E-state index contributed by atoms with van der Waals surface area (Å²) in [6.07, 6.45) is 4.99. The number of ether oxygens (including phenoxy) is 1. The van der Waals surface area contributed by atoms with E-state index in [-0.39, 0.29) is 30.1 Å². The summed E-state index contributed by atoms with van der Waals surface area (Å²) in [6, 6.07) is 4.90. The fourth-order valence-electron chi connectivity index (χ4n) is 5.14. The average Bonchev–Trinajstić information content (AvgIpc) is 3.76. The van der Waals surface area contributed by atoms with Crippen LogP contribution in [0, 0.1) is 11.8 Å².